The number of aromatic nitrogens is 6. The summed E-state index contributed by atoms with van der Waals surface area (Å²) in [7, 11) is 0. The van der Waals surface area contributed by atoms with Crippen LogP contribution in [0.5, 0.6) is 0 Å². The zero-order valence-electron chi connectivity index (χ0n) is 68.9. The summed E-state index contributed by atoms with van der Waals surface area (Å²) in [5.74, 6) is 1.29. The molecule has 28 rings (SSSR count). The molecule has 8 heteroatoms. The van der Waals surface area contributed by atoms with Crippen LogP contribution in [0.15, 0.2) is 429 Å². The van der Waals surface area contributed by atoms with E-state index in [1.54, 1.807) is 0 Å². The van der Waals surface area contributed by atoms with E-state index in [0.717, 1.165) is 115 Å². The third kappa shape index (κ3) is 11.0. The van der Waals surface area contributed by atoms with Gasteiger partial charge in [-0.3, -0.25) is 9.13 Å². The molecule has 0 aliphatic heterocycles. The Hall–Kier alpha value is -16.8. The predicted molar refractivity (Wildman–Crippen MR) is 541 cm³/mol. The Morgan fingerprint density at radius 1 is 0.188 bits per heavy atom. The first-order valence-electron chi connectivity index (χ1n) is 43.6. The van der Waals surface area contributed by atoms with E-state index in [1.165, 1.54) is 145 Å². The lowest BCUT2D eigenvalue weighted by Gasteiger charge is -2.16. The highest BCUT2D eigenvalue weighted by molar-refractivity contribution is 7.25. The smallest absolute Gasteiger partial charge is 0.235 e. The van der Waals surface area contributed by atoms with Crippen LogP contribution in [-0.2, 0) is 0 Å². The SMILES string of the molecule is c1ccc(-c2ccc(-c3nc(-n4c5c6ccccc6ccc5c5c6c7ccccc7c(-c7ccc8oc9ccccc9c8c7)cc6c6ccccc6c54)nc4ccccc34)cc2)cc1.c1ccc(-c2ccc(-c3nc(-n4c5c6ccccc6ccc5c5c6c7ccccc7c(-c7ccc8sc9ccccc9c8c7)cc6c6ccccc6c54)nc4ccccc34)cc2)cc1. The molecule has 28 aromatic rings. The predicted octanol–water partition coefficient (Wildman–Crippen LogP) is 32.9. The summed E-state index contributed by atoms with van der Waals surface area (Å²) < 4.78 is 13.7. The molecule has 0 spiro atoms. The van der Waals surface area contributed by atoms with Crippen molar-refractivity contribution < 1.29 is 4.42 Å². The van der Waals surface area contributed by atoms with Crippen molar-refractivity contribution in [2.75, 3.05) is 0 Å². The molecule has 0 saturated heterocycles. The number of fused-ring (bicyclic) bond motifs is 32. The summed E-state index contributed by atoms with van der Waals surface area (Å²) in [6.07, 6.45) is 0. The van der Waals surface area contributed by atoms with Gasteiger partial charge in [-0.2, -0.15) is 0 Å². The van der Waals surface area contributed by atoms with Gasteiger partial charge in [0.25, 0.3) is 0 Å². The van der Waals surface area contributed by atoms with E-state index in [9.17, 15) is 0 Å². The molecule has 128 heavy (non-hydrogen) atoms. The van der Waals surface area contributed by atoms with Gasteiger partial charge in [-0.05, 0) is 159 Å². The van der Waals surface area contributed by atoms with E-state index in [-0.39, 0.29) is 0 Å². The number of rotatable bonds is 8. The zero-order valence-corrected chi connectivity index (χ0v) is 69.7. The molecule has 6 heterocycles. The van der Waals surface area contributed by atoms with Crippen LogP contribution in [-0.4, -0.2) is 29.1 Å². The van der Waals surface area contributed by atoms with Crippen LogP contribution in [0.1, 0.15) is 0 Å². The Labute approximate surface area is 736 Å². The highest BCUT2D eigenvalue weighted by Gasteiger charge is 2.29. The molecule has 0 aliphatic rings. The quantitative estimate of drug-likeness (QED) is 0.142. The van der Waals surface area contributed by atoms with Gasteiger partial charge >= 0.3 is 0 Å². The lowest BCUT2D eigenvalue weighted by molar-refractivity contribution is 0.669. The largest absolute Gasteiger partial charge is 0.456 e. The molecule has 0 fully saturated rings. The van der Waals surface area contributed by atoms with Crippen molar-refractivity contribution in [3.05, 3.63) is 425 Å². The van der Waals surface area contributed by atoms with Crippen molar-refractivity contribution in [3.8, 4) is 78.9 Å². The molecular formula is C120H70N6OS. The standard InChI is InChI=1S/C60H35N3O.C60H35N3S/c2*1-2-14-36(15-3-1)37-26-28-39(29-27-37)57-47-23-10-12-24-52(47)61-60(62-57)63-58-41-17-5-4-16-38(41)30-32-48(58)56-55-45-21-8-6-18-42(45)49(35-51(55)43-19-7-9-22-46(43)59(56)63)40-31-33-54-50(34-40)44-20-11-13-25-53(44)64-54/h2*1-35H. The van der Waals surface area contributed by atoms with Crippen LogP contribution < -0.4 is 0 Å². The summed E-state index contributed by atoms with van der Waals surface area (Å²) in [4.78, 5) is 22.2. The lowest BCUT2D eigenvalue weighted by Crippen LogP contribution is -2.04. The fraction of sp³-hybridized carbons (Fsp3) is 0. The van der Waals surface area contributed by atoms with Gasteiger partial charge in [0.1, 0.15) is 11.2 Å². The Morgan fingerprint density at radius 3 is 1.05 bits per heavy atom. The van der Waals surface area contributed by atoms with Crippen LogP contribution in [0.25, 0.3) is 273 Å². The Balaban J connectivity index is 0.000000132. The van der Waals surface area contributed by atoms with Crippen LogP contribution in [0.3, 0.4) is 0 Å². The summed E-state index contributed by atoms with van der Waals surface area (Å²) >= 11 is 1.86. The first-order valence-corrected chi connectivity index (χ1v) is 44.5. The minimum absolute atomic E-state index is 0.642. The molecule has 0 radical (unpaired) electrons. The summed E-state index contributed by atoms with van der Waals surface area (Å²) in [5.41, 5.74) is 21.4. The first-order chi connectivity index (χ1) is 63.5. The van der Waals surface area contributed by atoms with Crippen molar-refractivity contribution in [2.45, 2.75) is 0 Å². The molecule has 0 unspecified atom stereocenters. The third-order valence-electron chi connectivity index (χ3n) is 26.7. The Kier molecular flexibility index (Phi) is 15.9. The van der Waals surface area contributed by atoms with Crippen LogP contribution in [0.4, 0.5) is 0 Å². The number of hydrogen-bond donors (Lipinski definition) is 0. The van der Waals surface area contributed by atoms with E-state index < -0.39 is 0 Å². The fourth-order valence-corrected chi connectivity index (χ4v) is 22.1. The van der Waals surface area contributed by atoms with Gasteiger partial charge in [-0.1, -0.05) is 364 Å². The monoisotopic (exact) mass is 1640 g/mol. The molecule has 7 nitrogen and oxygen atoms in total. The number of thiophene rings is 1. The normalized spacial score (nSPS) is 12.1. The minimum Gasteiger partial charge on any atom is -0.456 e. The van der Waals surface area contributed by atoms with Crippen molar-refractivity contribution in [1.82, 2.24) is 29.1 Å². The topological polar surface area (TPSA) is 74.6 Å². The summed E-state index contributed by atoms with van der Waals surface area (Å²) in [5, 5.41) is 30.8. The van der Waals surface area contributed by atoms with E-state index in [2.05, 4.69) is 422 Å². The highest BCUT2D eigenvalue weighted by atomic mass is 32.1. The first kappa shape index (κ1) is 71.8. The average Bonchev–Trinajstić information content (AvgIpc) is 1.45. The lowest BCUT2D eigenvalue weighted by atomic mass is 9.88. The maximum Gasteiger partial charge on any atom is 0.235 e. The second-order valence-electron chi connectivity index (χ2n) is 33.6. The number of benzene rings is 22. The summed E-state index contributed by atoms with van der Waals surface area (Å²) in [6.45, 7) is 0. The molecule has 592 valence electrons. The maximum atomic E-state index is 6.28. The Morgan fingerprint density at radius 2 is 0.547 bits per heavy atom. The maximum absolute atomic E-state index is 6.28. The minimum atomic E-state index is 0.642. The third-order valence-corrected chi connectivity index (χ3v) is 27.9. The van der Waals surface area contributed by atoms with E-state index in [0.29, 0.717) is 11.9 Å². The van der Waals surface area contributed by atoms with Crippen LogP contribution >= 0.6 is 11.3 Å². The number of nitrogens with zero attached hydrogens (tertiary/aromatic N) is 6. The van der Waals surface area contributed by atoms with Gasteiger partial charge < -0.3 is 4.42 Å². The second kappa shape index (κ2) is 28.4. The van der Waals surface area contributed by atoms with Crippen LogP contribution in [0.2, 0.25) is 0 Å². The van der Waals surface area contributed by atoms with Crippen molar-refractivity contribution >= 4 is 205 Å². The molecule has 0 atom stereocenters. The van der Waals surface area contributed by atoms with E-state index >= 15 is 0 Å². The number of hydrogen-bond acceptors (Lipinski definition) is 6. The fourth-order valence-electron chi connectivity index (χ4n) is 21.0. The molecule has 22 aromatic carbocycles. The van der Waals surface area contributed by atoms with E-state index in [1.807, 2.05) is 23.5 Å². The van der Waals surface area contributed by atoms with Gasteiger partial charge in [0.05, 0.1) is 44.5 Å². The molecule has 0 N–H and O–H groups in total. The average molecular weight is 1640 g/mol. The number of furan rings is 1. The highest BCUT2D eigenvalue weighted by Crippen LogP contribution is 2.53. The molecular weight excluding hydrogens is 1570 g/mol. The number of para-hydroxylation sites is 3. The van der Waals surface area contributed by atoms with E-state index in [4.69, 9.17) is 24.4 Å². The van der Waals surface area contributed by atoms with Crippen molar-refractivity contribution in [2.24, 2.45) is 0 Å². The zero-order chi connectivity index (χ0) is 83.8. The molecule has 0 bridgehead atoms. The van der Waals surface area contributed by atoms with Gasteiger partial charge in [0, 0.05) is 107 Å². The van der Waals surface area contributed by atoms with Gasteiger partial charge in [0.15, 0.2) is 0 Å². The molecule has 0 amide bonds. The Bertz CT molecular complexity index is 9030. The van der Waals surface area contributed by atoms with Crippen molar-refractivity contribution in [1.29, 1.82) is 0 Å². The van der Waals surface area contributed by atoms with Gasteiger partial charge in [0.2, 0.25) is 11.9 Å². The second-order valence-corrected chi connectivity index (χ2v) is 34.7. The molecule has 0 aliphatic carbocycles. The van der Waals surface area contributed by atoms with Gasteiger partial charge in [-0.15, -0.1) is 11.3 Å². The van der Waals surface area contributed by atoms with Crippen LogP contribution in [0, 0.1) is 0 Å². The van der Waals surface area contributed by atoms with Crippen molar-refractivity contribution in [3.63, 3.8) is 0 Å². The molecule has 0 saturated carbocycles. The summed E-state index contributed by atoms with van der Waals surface area (Å²) in [6, 6.07) is 154. The van der Waals surface area contributed by atoms with Gasteiger partial charge in [-0.25, -0.2) is 19.9 Å². The molecule has 6 aromatic heterocycles.